The number of carboxylic acids is 1. The van der Waals surface area contributed by atoms with E-state index in [0.29, 0.717) is 11.1 Å². The predicted octanol–water partition coefficient (Wildman–Crippen LogP) is 2.05. The number of nitrogens with two attached hydrogens (primary N) is 1. The third-order valence-corrected chi connectivity index (χ3v) is 3.11. The van der Waals surface area contributed by atoms with Crippen molar-refractivity contribution >= 4 is 24.3 Å². The maximum atomic E-state index is 12.1. The first-order valence-electron chi connectivity index (χ1n) is 6.48. The highest BCUT2D eigenvalue weighted by Crippen LogP contribution is 2.15. The molecule has 0 saturated heterocycles. The molecule has 0 unspecified atom stereocenters. The Balaban J connectivity index is 0.00000242. The van der Waals surface area contributed by atoms with Crippen molar-refractivity contribution < 1.29 is 14.7 Å². The molecule has 0 heterocycles. The van der Waals surface area contributed by atoms with Crippen LogP contribution in [0.3, 0.4) is 0 Å². The zero-order valence-corrected chi connectivity index (χ0v) is 12.5. The Morgan fingerprint density at radius 2 is 1.36 bits per heavy atom. The molecule has 22 heavy (non-hydrogen) atoms. The molecular formula is C16H17ClN2O3. The van der Waals surface area contributed by atoms with Crippen molar-refractivity contribution in [3.63, 3.8) is 0 Å². The van der Waals surface area contributed by atoms with Crippen LogP contribution in [0, 0.1) is 0 Å². The van der Waals surface area contributed by atoms with Crippen molar-refractivity contribution in [2.45, 2.75) is 12.1 Å². The van der Waals surface area contributed by atoms with E-state index in [9.17, 15) is 14.7 Å². The van der Waals surface area contributed by atoms with Gasteiger partial charge >= 0.3 is 5.97 Å². The Labute approximate surface area is 134 Å². The third-order valence-electron chi connectivity index (χ3n) is 3.11. The molecule has 0 bridgehead atoms. The fourth-order valence-corrected chi connectivity index (χ4v) is 1.98. The number of nitrogens with one attached hydrogen (secondary N) is 1. The van der Waals surface area contributed by atoms with Crippen LogP contribution in [0.2, 0.25) is 0 Å². The summed E-state index contributed by atoms with van der Waals surface area (Å²) in [7, 11) is 0. The normalized spacial score (nSPS) is 12.6. The summed E-state index contributed by atoms with van der Waals surface area (Å²) >= 11 is 0. The van der Waals surface area contributed by atoms with Crippen molar-refractivity contribution in [3.8, 4) is 0 Å². The number of benzene rings is 2. The van der Waals surface area contributed by atoms with E-state index >= 15 is 0 Å². The number of carboxylic acid groups (broad SMARTS) is 1. The lowest BCUT2D eigenvalue weighted by atomic mass is 10.0. The average Bonchev–Trinajstić information content (AvgIpc) is 2.53. The Kier molecular flexibility index (Phi) is 6.56. The van der Waals surface area contributed by atoms with Crippen LogP contribution in [-0.4, -0.2) is 17.0 Å². The van der Waals surface area contributed by atoms with Crippen LogP contribution >= 0.6 is 12.4 Å². The van der Waals surface area contributed by atoms with Crippen LogP contribution in [0.15, 0.2) is 60.7 Å². The summed E-state index contributed by atoms with van der Waals surface area (Å²) in [6.07, 6.45) is 0. The van der Waals surface area contributed by atoms with E-state index in [1.807, 2.05) is 6.07 Å². The molecule has 0 spiro atoms. The summed E-state index contributed by atoms with van der Waals surface area (Å²) in [5.74, 6) is -1.66. The summed E-state index contributed by atoms with van der Waals surface area (Å²) in [4.78, 5) is 23.5. The molecule has 1 amide bonds. The summed E-state index contributed by atoms with van der Waals surface area (Å²) in [5, 5.41) is 11.7. The van der Waals surface area contributed by atoms with Gasteiger partial charge in [-0.3, -0.25) is 4.79 Å². The monoisotopic (exact) mass is 320 g/mol. The first kappa shape index (κ1) is 17.7. The lowest BCUT2D eigenvalue weighted by Gasteiger charge is -2.18. The van der Waals surface area contributed by atoms with E-state index in [2.05, 4.69) is 5.32 Å². The van der Waals surface area contributed by atoms with Crippen molar-refractivity contribution in [2.24, 2.45) is 5.73 Å². The van der Waals surface area contributed by atoms with E-state index in [-0.39, 0.29) is 12.4 Å². The number of carbonyl (C=O) groups excluding carboxylic acids is 1. The number of amides is 1. The minimum atomic E-state index is -1.13. The molecule has 2 aromatic carbocycles. The molecule has 116 valence electrons. The second kappa shape index (κ2) is 8.17. The summed E-state index contributed by atoms with van der Waals surface area (Å²) < 4.78 is 0. The molecule has 0 fully saturated rings. The van der Waals surface area contributed by atoms with Gasteiger partial charge in [-0.2, -0.15) is 0 Å². The fourth-order valence-electron chi connectivity index (χ4n) is 1.98. The molecule has 2 rings (SSSR count). The van der Waals surface area contributed by atoms with Crippen LogP contribution in [0.5, 0.6) is 0 Å². The van der Waals surface area contributed by atoms with E-state index < -0.39 is 24.0 Å². The zero-order valence-electron chi connectivity index (χ0n) is 11.7. The van der Waals surface area contributed by atoms with Crippen molar-refractivity contribution in [3.05, 3.63) is 71.8 Å². The van der Waals surface area contributed by atoms with Gasteiger partial charge in [0.1, 0.15) is 6.04 Å². The van der Waals surface area contributed by atoms with Crippen LogP contribution in [0.1, 0.15) is 23.2 Å². The number of hydrogen-bond donors (Lipinski definition) is 3. The summed E-state index contributed by atoms with van der Waals surface area (Å²) in [5.41, 5.74) is 6.99. The molecule has 2 atom stereocenters. The SMILES string of the molecule is Cl.N[C@@H](C(=O)N[C@@H](C(=O)O)c1ccccc1)c1ccccc1. The van der Waals surface area contributed by atoms with Crippen LogP contribution in [0.4, 0.5) is 0 Å². The summed E-state index contributed by atoms with van der Waals surface area (Å²) in [6.45, 7) is 0. The van der Waals surface area contributed by atoms with E-state index in [0.717, 1.165) is 0 Å². The van der Waals surface area contributed by atoms with Gasteiger partial charge in [0.25, 0.3) is 0 Å². The molecule has 0 aliphatic heterocycles. The molecular weight excluding hydrogens is 304 g/mol. The zero-order chi connectivity index (χ0) is 15.2. The maximum absolute atomic E-state index is 12.1. The highest BCUT2D eigenvalue weighted by atomic mass is 35.5. The minimum Gasteiger partial charge on any atom is -0.479 e. The molecule has 5 nitrogen and oxygen atoms in total. The number of carbonyl (C=O) groups is 2. The standard InChI is InChI=1S/C16H16N2O3.ClH/c17-13(11-7-3-1-4-8-11)15(19)18-14(16(20)21)12-9-5-2-6-10-12;/h1-10,13-14H,17H2,(H,18,19)(H,20,21);1H/t13-,14-;/m1./s1. The Morgan fingerprint density at radius 3 is 1.82 bits per heavy atom. The van der Waals surface area contributed by atoms with Crippen molar-refractivity contribution in [2.75, 3.05) is 0 Å². The smallest absolute Gasteiger partial charge is 0.330 e. The van der Waals surface area contributed by atoms with Gasteiger partial charge in [-0.25, -0.2) is 4.79 Å². The highest BCUT2D eigenvalue weighted by Gasteiger charge is 2.25. The van der Waals surface area contributed by atoms with Crippen molar-refractivity contribution in [1.29, 1.82) is 0 Å². The largest absolute Gasteiger partial charge is 0.479 e. The molecule has 0 radical (unpaired) electrons. The fraction of sp³-hybridized carbons (Fsp3) is 0.125. The van der Waals surface area contributed by atoms with Crippen LogP contribution in [-0.2, 0) is 9.59 Å². The lowest BCUT2D eigenvalue weighted by molar-refractivity contribution is -0.142. The molecule has 6 heteroatoms. The first-order valence-corrected chi connectivity index (χ1v) is 6.48. The number of halogens is 1. The van der Waals surface area contributed by atoms with Gasteiger partial charge in [-0.15, -0.1) is 12.4 Å². The molecule has 4 N–H and O–H groups in total. The van der Waals surface area contributed by atoms with E-state index in [1.165, 1.54) is 0 Å². The van der Waals surface area contributed by atoms with Gasteiger partial charge in [0.15, 0.2) is 6.04 Å². The van der Waals surface area contributed by atoms with Gasteiger partial charge in [0, 0.05) is 0 Å². The van der Waals surface area contributed by atoms with Crippen LogP contribution < -0.4 is 11.1 Å². The molecule has 2 aromatic rings. The quantitative estimate of drug-likeness (QED) is 0.786. The molecule has 0 aromatic heterocycles. The second-order valence-corrected chi connectivity index (χ2v) is 4.58. The molecule has 0 saturated carbocycles. The Bertz CT molecular complexity index is 620. The highest BCUT2D eigenvalue weighted by molar-refractivity contribution is 5.88. The Hall–Kier alpha value is -2.37. The molecule has 0 aliphatic carbocycles. The Morgan fingerprint density at radius 1 is 0.909 bits per heavy atom. The molecule has 0 aliphatic rings. The third kappa shape index (κ3) is 4.31. The number of rotatable bonds is 5. The van der Waals surface area contributed by atoms with Gasteiger partial charge in [-0.1, -0.05) is 60.7 Å². The topological polar surface area (TPSA) is 92.4 Å². The van der Waals surface area contributed by atoms with Crippen molar-refractivity contribution in [1.82, 2.24) is 5.32 Å². The predicted molar refractivity (Wildman–Crippen MR) is 85.6 cm³/mol. The lowest BCUT2D eigenvalue weighted by Crippen LogP contribution is -2.39. The van der Waals surface area contributed by atoms with Gasteiger partial charge in [0.05, 0.1) is 0 Å². The summed E-state index contributed by atoms with van der Waals surface area (Å²) in [6, 6.07) is 15.3. The van der Waals surface area contributed by atoms with Gasteiger partial charge in [-0.05, 0) is 11.1 Å². The van der Waals surface area contributed by atoms with E-state index in [1.54, 1.807) is 54.6 Å². The first-order chi connectivity index (χ1) is 10.1. The minimum absolute atomic E-state index is 0. The maximum Gasteiger partial charge on any atom is 0.330 e. The number of hydrogen-bond acceptors (Lipinski definition) is 3. The van der Waals surface area contributed by atoms with E-state index in [4.69, 9.17) is 5.73 Å². The second-order valence-electron chi connectivity index (χ2n) is 4.58. The number of aliphatic carboxylic acids is 1. The van der Waals surface area contributed by atoms with Crippen LogP contribution in [0.25, 0.3) is 0 Å². The van der Waals surface area contributed by atoms with Gasteiger partial charge in [0.2, 0.25) is 5.91 Å². The average molecular weight is 321 g/mol. The van der Waals surface area contributed by atoms with Gasteiger partial charge < -0.3 is 16.2 Å².